The van der Waals surface area contributed by atoms with Crippen LogP contribution < -0.4 is 14.5 Å². The van der Waals surface area contributed by atoms with E-state index in [0.717, 1.165) is 60.2 Å². The number of ether oxygens (including phenoxy) is 2. The molecule has 2 fully saturated rings. The molecule has 3 aromatic rings. The number of carbonyl (C=O) groups excluding carboxylic acids is 3. The maximum Gasteiger partial charge on any atom is 0.410 e. The van der Waals surface area contributed by atoms with Gasteiger partial charge in [-0.2, -0.15) is 0 Å². The summed E-state index contributed by atoms with van der Waals surface area (Å²) in [5.74, 6) is 0.0409. The van der Waals surface area contributed by atoms with Gasteiger partial charge in [-0.1, -0.05) is 74.4 Å². The highest BCUT2D eigenvalue weighted by atomic mass is 16.6. The molecule has 248 valence electrons. The lowest BCUT2D eigenvalue weighted by atomic mass is 9.79. The van der Waals surface area contributed by atoms with Crippen molar-refractivity contribution in [3.63, 3.8) is 0 Å². The van der Waals surface area contributed by atoms with E-state index in [1.54, 1.807) is 4.90 Å². The molecule has 0 aromatic heterocycles. The number of hydrogen-bond donors (Lipinski definition) is 0. The molecule has 0 radical (unpaired) electrons. The molecule has 8 nitrogen and oxygen atoms in total. The van der Waals surface area contributed by atoms with Crippen LogP contribution in [0.25, 0.3) is 11.1 Å². The molecule has 1 aliphatic carbocycles. The second-order valence-corrected chi connectivity index (χ2v) is 14.1. The van der Waals surface area contributed by atoms with E-state index in [4.69, 9.17) is 9.47 Å². The summed E-state index contributed by atoms with van der Waals surface area (Å²) in [5.41, 5.74) is 4.17. The van der Waals surface area contributed by atoms with E-state index in [1.165, 1.54) is 0 Å². The van der Waals surface area contributed by atoms with E-state index in [1.807, 2.05) is 67.0 Å². The molecule has 0 N–H and O–H groups in total. The Kier molecular flexibility index (Phi) is 9.57. The summed E-state index contributed by atoms with van der Waals surface area (Å²) < 4.78 is 11.6. The molecule has 3 amide bonds. The minimum Gasteiger partial charge on any atom is -0.482 e. The van der Waals surface area contributed by atoms with Crippen molar-refractivity contribution in [2.45, 2.75) is 83.8 Å². The number of likely N-dealkylation sites (tertiary alicyclic amines) is 1. The Balaban J connectivity index is 1.35. The normalized spacial score (nSPS) is 19.5. The van der Waals surface area contributed by atoms with Crippen LogP contribution >= 0.6 is 0 Å². The molecular weight excluding hydrogens is 590 g/mol. The van der Waals surface area contributed by atoms with Gasteiger partial charge in [-0.15, -0.1) is 0 Å². The van der Waals surface area contributed by atoms with Gasteiger partial charge < -0.3 is 24.2 Å². The van der Waals surface area contributed by atoms with Gasteiger partial charge in [0.2, 0.25) is 5.91 Å². The average Bonchev–Trinajstić information content (AvgIpc) is 3.90. The number of rotatable bonds is 9. The average molecular weight is 638 g/mol. The fraction of sp³-hybridized carbons (Fsp3) is 0.462. The van der Waals surface area contributed by atoms with E-state index in [0.29, 0.717) is 25.3 Å². The van der Waals surface area contributed by atoms with Gasteiger partial charge in [0.25, 0.3) is 5.91 Å². The molecule has 1 saturated carbocycles. The fourth-order valence-electron chi connectivity index (χ4n) is 6.81. The monoisotopic (exact) mass is 637 g/mol. The predicted molar refractivity (Wildman–Crippen MR) is 185 cm³/mol. The zero-order valence-corrected chi connectivity index (χ0v) is 28.1. The van der Waals surface area contributed by atoms with Crippen molar-refractivity contribution in [1.29, 1.82) is 0 Å². The van der Waals surface area contributed by atoms with Crippen LogP contribution in [0.4, 0.5) is 16.2 Å². The molecule has 0 unspecified atom stereocenters. The first-order chi connectivity index (χ1) is 22.6. The van der Waals surface area contributed by atoms with Crippen molar-refractivity contribution in [3.8, 4) is 16.9 Å². The summed E-state index contributed by atoms with van der Waals surface area (Å²) in [5, 5.41) is 0. The van der Waals surface area contributed by atoms with E-state index in [9.17, 15) is 14.4 Å². The predicted octanol–water partition coefficient (Wildman–Crippen LogP) is 7.81. The smallest absolute Gasteiger partial charge is 0.410 e. The van der Waals surface area contributed by atoms with Crippen LogP contribution in [0, 0.1) is 5.92 Å². The largest absolute Gasteiger partial charge is 0.482 e. The summed E-state index contributed by atoms with van der Waals surface area (Å²) in [6, 6.07) is 24.6. The Morgan fingerprint density at radius 3 is 2.43 bits per heavy atom. The maximum absolute atomic E-state index is 14.9. The molecule has 1 saturated heterocycles. The molecule has 3 aromatic carbocycles. The maximum atomic E-state index is 14.9. The minimum absolute atomic E-state index is 0.00332. The highest BCUT2D eigenvalue weighted by Crippen LogP contribution is 2.43. The van der Waals surface area contributed by atoms with Crippen molar-refractivity contribution >= 4 is 29.3 Å². The van der Waals surface area contributed by atoms with Gasteiger partial charge in [-0.25, -0.2) is 4.79 Å². The molecule has 47 heavy (non-hydrogen) atoms. The second-order valence-electron chi connectivity index (χ2n) is 14.1. The van der Waals surface area contributed by atoms with Crippen LogP contribution in [0.1, 0.15) is 77.7 Å². The van der Waals surface area contributed by atoms with Gasteiger partial charge in [-0.05, 0) is 87.3 Å². The van der Waals surface area contributed by atoms with Crippen LogP contribution in [0.3, 0.4) is 0 Å². The molecule has 2 atom stereocenters. The first kappa shape index (κ1) is 32.6. The topological polar surface area (TPSA) is 79.4 Å². The standard InChI is InChI=1S/C39H47N3O5/c1-5-6-10-21-41-34-24-31(18-19-35(34)46-26-36(41)43)42(30-16-17-30)37(44)33-25-40(38(45)47-39(2,3)4)22-20-32(33)29-15-11-14-28(23-29)27-12-8-7-9-13-27/h7-9,11-15,18-19,23-24,30,32-33H,5-6,10,16-17,20-22,25-26H2,1-4H3/t32-,33+/m1/s1. The Bertz CT molecular complexity index is 1600. The Morgan fingerprint density at radius 2 is 1.70 bits per heavy atom. The SMILES string of the molecule is CCCCCN1C(=O)COc2ccc(N(C(=O)[C@H]3CN(C(=O)OC(C)(C)C)CC[C@@H]3c3cccc(-c4ccccc4)c3)C3CC3)cc21. The van der Waals surface area contributed by atoms with Crippen LogP contribution in [-0.4, -0.2) is 60.7 Å². The molecule has 3 aliphatic rings. The number of unbranched alkanes of at least 4 members (excludes halogenated alkanes) is 2. The van der Waals surface area contributed by atoms with Crippen molar-refractivity contribution < 1.29 is 23.9 Å². The third kappa shape index (κ3) is 7.47. The van der Waals surface area contributed by atoms with Crippen molar-refractivity contribution in [3.05, 3.63) is 78.4 Å². The van der Waals surface area contributed by atoms with Gasteiger partial charge in [0, 0.05) is 31.4 Å². The first-order valence-corrected chi connectivity index (χ1v) is 17.2. The Labute approximate surface area is 278 Å². The Hall–Kier alpha value is -4.33. The molecule has 6 rings (SSSR count). The van der Waals surface area contributed by atoms with Crippen LogP contribution in [0.5, 0.6) is 5.75 Å². The number of piperidine rings is 1. The van der Waals surface area contributed by atoms with E-state index in [-0.39, 0.29) is 36.9 Å². The van der Waals surface area contributed by atoms with Crippen LogP contribution in [-0.2, 0) is 14.3 Å². The van der Waals surface area contributed by atoms with Crippen molar-refractivity contribution in [2.24, 2.45) is 5.92 Å². The quantitative estimate of drug-likeness (QED) is 0.224. The van der Waals surface area contributed by atoms with Crippen molar-refractivity contribution in [2.75, 3.05) is 36.0 Å². The zero-order chi connectivity index (χ0) is 33.1. The van der Waals surface area contributed by atoms with Crippen LogP contribution in [0.15, 0.2) is 72.8 Å². The van der Waals surface area contributed by atoms with Crippen LogP contribution in [0.2, 0.25) is 0 Å². The lowest BCUT2D eigenvalue weighted by Crippen LogP contribution is -2.51. The Morgan fingerprint density at radius 1 is 0.936 bits per heavy atom. The third-order valence-electron chi connectivity index (χ3n) is 9.30. The number of amides is 3. The number of benzene rings is 3. The highest BCUT2D eigenvalue weighted by molar-refractivity contribution is 6.01. The van der Waals surface area contributed by atoms with E-state index >= 15 is 0 Å². The van der Waals surface area contributed by atoms with Crippen molar-refractivity contribution in [1.82, 2.24) is 4.90 Å². The number of anilines is 2. The third-order valence-corrected chi connectivity index (χ3v) is 9.30. The van der Waals surface area contributed by atoms with E-state index < -0.39 is 17.6 Å². The highest BCUT2D eigenvalue weighted by Gasteiger charge is 2.44. The van der Waals surface area contributed by atoms with Gasteiger partial charge in [-0.3, -0.25) is 9.59 Å². The fourth-order valence-corrected chi connectivity index (χ4v) is 6.81. The number of nitrogens with zero attached hydrogens (tertiary/aromatic N) is 3. The second kappa shape index (κ2) is 13.8. The lowest BCUT2D eigenvalue weighted by molar-refractivity contribution is -0.124. The number of carbonyl (C=O) groups is 3. The number of hydrogen-bond acceptors (Lipinski definition) is 5. The molecule has 0 spiro atoms. The van der Waals surface area contributed by atoms with E-state index in [2.05, 4.69) is 43.3 Å². The molecule has 2 heterocycles. The lowest BCUT2D eigenvalue weighted by Gasteiger charge is -2.41. The molecule has 8 heteroatoms. The van der Waals surface area contributed by atoms with Gasteiger partial charge in [0.15, 0.2) is 6.61 Å². The van der Waals surface area contributed by atoms with Gasteiger partial charge >= 0.3 is 6.09 Å². The summed E-state index contributed by atoms with van der Waals surface area (Å²) in [6.45, 7) is 9.15. The molecular formula is C39H47N3O5. The molecule has 2 aliphatic heterocycles. The summed E-state index contributed by atoms with van der Waals surface area (Å²) in [4.78, 5) is 46.7. The first-order valence-electron chi connectivity index (χ1n) is 17.2. The zero-order valence-electron chi connectivity index (χ0n) is 28.1. The summed E-state index contributed by atoms with van der Waals surface area (Å²) >= 11 is 0. The molecule has 0 bridgehead atoms. The minimum atomic E-state index is -0.636. The van der Waals surface area contributed by atoms with Gasteiger partial charge in [0.05, 0.1) is 11.6 Å². The summed E-state index contributed by atoms with van der Waals surface area (Å²) in [7, 11) is 0. The van der Waals surface area contributed by atoms with Gasteiger partial charge in [0.1, 0.15) is 11.4 Å². The number of fused-ring (bicyclic) bond motifs is 1. The summed E-state index contributed by atoms with van der Waals surface area (Å²) in [6.07, 6.45) is 5.08.